The van der Waals surface area contributed by atoms with E-state index in [1.807, 2.05) is 13.0 Å². The van der Waals surface area contributed by atoms with Crippen molar-refractivity contribution in [1.29, 1.82) is 0 Å². The Hall–Kier alpha value is -2.88. The Morgan fingerprint density at radius 2 is 1.65 bits per heavy atom. The molecule has 0 aliphatic heterocycles. The Labute approximate surface area is 155 Å². The fourth-order valence-electron chi connectivity index (χ4n) is 2.95. The quantitative estimate of drug-likeness (QED) is 0.668. The molecule has 3 rings (SSSR count). The monoisotopic (exact) mass is 346 g/mol. The molecule has 1 N–H and O–H groups in total. The molecule has 134 valence electrons. The lowest BCUT2D eigenvalue weighted by molar-refractivity contribution is 0.945. The van der Waals surface area contributed by atoms with E-state index in [2.05, 4.69) is 89.5 Å². The molecule has 0 saturated carbocycles. The second kappa shape index (κ2) is 8.00. The van der Waals surface area contributed by atoms with Gasteiger partial charge in [-0.25, -0.2) is 9.97 Å². The van der Waals surface area contributed by atoms with E-state index < -0.39 is 0 Å². The molecule has 2 aromatic carbocycles. The maximum absolute atomic E-state index is 4.65. The highest BCUT2D eigenvalue weighted by Gasteiger charge is 2.11. The molecule has 0 amide bonds. The Morgan fingerprint density at radius 3 is 2.35 bits per heavy atom. The minimum absolute atomic E-state index is 0.743. The van der Waals surface area contributed by atoms with Crippen molar-refractivity contribution < 1.29 is 0 Å². The molecule has 0 aliphatic rings. The summed E-state index contributed by atoms with van der Waals surface area (Å²) in [4.78, 5) is 11.4. The lowest BCUT2D eigenvalue weighted by atomic mass is 10.1. The Balaban J connectivity index is 1.83. The van der Waals surface area contributed by atoms with Crippen LogP contribution >= 0.6 is 0 Å². The molecule has 3 aromatic rings. The molecular weight excluding hydrogens is 320 g/mol. The van der Waals surface area contributed by atoms with Crippen LogP contribution < -0.4 is 10.2 Å². The van der Waals surface area contributed by atoms with E-state index in [0.29, 0.717) is 0 Å². The summed E-state index contributed by atoms with van der Waals surface area (Å²) in [5, 5.41) is 3.43. The predicted octanol–water partition coefficient (Wildman–Crippen LogP) is 5.17. The molecular formula is C22H26N4. The third-order valence-corrected chi connectivity index (χ3v) is 4.32. The van der Waals surface area contributed by atoms with Crippen LogP contribution in [0.1, 0.15) is 29.4 Å². The fraction of sp³-hybridized carbons (Fsp3) is 0.273. The van der Waals surface area contributed by atoms with Crippen molar-refractivity contribution in [2.24, 2.45) is 0 Å². The van der Waals surface area contributed by atoms with Crippen LogP contribution in [0.2, 0.25) is 0 Å². The van der Waals surface area contributed by atoms with Crippen molar-refractivity contribution in [2.75, 3.05) is 16.8 Å². The summed E-state index contributed by atoms with van der Waals surface area (Å²) in [5.74, 6) is 2.52. The molecule has 0 aliphatic carbocycles. The minimum atomic E-state index is 0.743. The summed E-state index contributed by atoms with van der Waals surface area (Å²) < 4.78 is 0. The largest absolute Gasteiger partial charge is 0.366 e. The van der Waals surface area contributed by atoms with E-state index in [9.17, 15) is 0 Å². The molecule has 0 spiro atoms. The molecule has 26 heavy (non-hydrogen) atoms. The zero-order chi connectivity index (χ0) is 18.5. The molecule has 0 fully saturated rings. The van der Waals surface area contributed by atoms with Gasteiger partial charge in [0.15, 0.2) is 0 Å². The van der Waals surface area contributed by atoms with E-state index in [0.717, 1.165) is 36.2 Å². The van der Waals surface area contributed by atoms with Gasteiger partial charge in [-0.15, -0.1) is 0 Å². The third-order valence-electron chi connectivity index (χ3n) is 4.32. The second-order valence-corrected chi connectivity index (χ2v) is 6.58. The van der Waals surface area contributed by atoms with Crippen LogP contribution in [-0.2, 0) is 6.54 Å². The van der Waals surface area contributed by atoms with E-state index in [-0.39, 0.29) is 0 Å². The van der Waals surface area contributed by atoms with Crippen LogP contribution in [0.4, 0.5) is 17.3 Å². The first-order valence-electron chi connectivity index (χ1n) is 9.04. The summed E-state index contributed by atoms with van der Waals surface area (Å²) in [6.07, 6.45) is 0. The molecule has 1 aromatic heterocycles. The van der Waals surface area contributed by atoms with E-state index in [1.54, 1.807) is 0 Å². The highest BCUT2D eigenvalue weighted by Crippen LogP contribution is 2.26. The number of anilines is 3. The van der Waals surface area contributed by atoms with E-state index in [4.69, 9.17) is 0 Å². The number of aryl methyl sites for hydroxylation is 3. The Bertz CT molecular complexity index is 872. The Morgan fingerprint density at radius 1 is 0.885 bits per heavy atom. The van der Waals surface area contributed by atoms with Gasteiger partial charge >= 0.3 is 0 Å². The molecule has 0 bridgehead atoms. The molecule has 0 saturated heterocycles. The van der Waals surface area contributed by atoms with Crippen LogP contribution in [0.15, 0.2) is 54.6 Å². The SMILES string of the molecule is CCN(c1cccc(C)c1)c1cc(NCc2ccc(C)cc2)nc(C)n1. The van der Waals surface area contributed by atoms with Gasteiger partial charge in [0.25, 0.3) is 0 Å². The van der Waals surface area contributed by atoms with Crippen LogP contribution in [0.3, 0.4) is 0 Å². The molecule has 0 unspecified atom stereocenters. The number of hydrogen-bond donors (Lipinski definition) is 1. The smallest absolute Gasteiger partial charge is 0.138 e. The van der Waals surface area contributed by atoms with Crippen LogP contribution in [0.5, 0.6) is 0 Å². The molecule has 4 heteroatoms. The summed E-state index contributed by atoms with van der Waals surface area (Å²) in [6.45, 7) is 9.87. The van der Waals surface area contributed by atoms with Gasteiger partial charge in [0, 0.05) is 24.8 Å². The number of nitrogens with zero attached hydrogens (tertiary/aromatic N) is 3. The topological polar surface area (TPSA) is 41.0 Å². The highest BCUT2D eigenvalue weighted by molar-refractivity contribution is 5.63. The molecule has 0 atom stereocenters. The van der Waals surface area contributed by atoms with Gasteiger partial charge in [0.2, 0.25) is 0 Å². The van der Waals surface area contributed by atoms with Gasteiger partial charge in [-0.05, 0) is 51.0 Å². The lowest BCUT2D eigenvalue weighted by Crippen LogP contribution is -2.18. The zero-order valence-corrected chi connectivity index (χ0v) is 16.0. The first kappa shape index (κ1) is 17.9. The van der Waals surface area contributed by atoms with Crippen molar-refractivity contribution in [2.45, 2.75) is 34.2 Å². The van der Waals surface area contributed by atoms with Crippen molar-refractivity contribution >= 4 is 17.3 Å². The normalized spacial score (nSPS) is 10.6. The standard InChI is InChI=1S/C22H26N4/c1-5-26(20-8-6-7-17(3)13-20)22-14-21(24-18(4)25-22)23-15-19-11-9-16(2)10-12-19/h6-14H,5,15H2,1-4H3,(H,23,24,25). The molecule has 1 heterocycles. The number of hydrogen-bond acceptors (Lipinski definition) is 4. The number of benzene rings is 2. The lowest BCUT2D eigenvalue weighted by Gasteiger charge is -2.23. The van der Waals surface area contributed by atoms with Crippen LogP contribution in [0.25, 0.3) is 0 Å². The predicted molar refractivity (Wildman–Crippen MR) is 109 cm³/mol. The van der Waals surface area contributed by atoms with Crippen LogP contribution in [0, 0.1) is 20.8 Å². The van der Waals surface area contributed by atoms with Crippen molar-refractivity contribution in [3.05, 3.63) is 77.1 Å². The first-order chi connectivity index (χ1) is 12.5. The average molecular weight is 346 g/mol. The molecule has 4 nitrogen and oxygen atoms in total. The van der Waals surface area contributed by atoms with Gasteiger partial charge in [-0.1, -0.05) is 42.0 Å². The molecule has 0 radical (unpaired) electrons. The second-order valence-electron chi connectivity index (χ2n) is 6.58. The minimum Gasteiger partial charge on any atom is -0.366 e. The maximum Gasteiger partial charge on any atom is 0.138 e. The van der Waals surface area contributed by atoms with E-state index in [1.165, 1.54) is 16.7 Å². The fourth-order valence-corrected chi connectivity index (χ4v) is 2.95. The summed E-state index contributed by atoms with van der Waals surface area (Å²) >= 11 is 0. The number of aromatic nitrogens is 2. The summed E-state index contributed by atoms with van der Waals surface area (Å²) in [7, 11) is 0. The third kappa shape index (κ3) is 4.39. The van der Waals surface area contributed by atoms with Gasteiger partial charge < -0.3 is 10.2 Å². The first-order valence-corrected chi connectivity index (χ1v) is 9.04. The highest BCUT2D eigenvalue weighted by atomic mass is 15.2. The van der Waals surface area contributed by atoms with Gasteiger partial charge in [0.1, 0.15) is 17.5 Å². The van der Waals surface area contributed by atoms with Gasteiger partial charge in [-0.3, -0.25) is 0 Å². The van der Waals surface area contributed by atoms with E-state index >= 15 is 0 Å². The van der Waals surface area contributed by atoms with Crippen molar-refractivity contribution in [3.8, 4) is 0 Å². The summed E-state index contributed by atoms with van der Waals surface area (Å²) in [6, 6.07) is 19.1. The average Bonchev–Trinajstić information content (AvgIpc) is 2.62. The van der Waals surface area contributed by atoms with Gasteiger partial charge in [-0.2, -0.15) is 0 Å². The summed E-state index contributed by atoms with van der Waals surface area (Å²) in [5.41, 5.74) is 4.89. The zero-order valence-electron chi connectivity index (χ0n) is 16.0. The van der Waals surface area contributed by atoms with Gasteiger partial charge in [0.05, 0.1) is 0 Å². The van der Waals surface area contributed by atoms with Crippen LogP contribution in [-0.4, -0.2) is 16.5 Å². The number of nitrogens with one attached hydrogen (secondary N) is 1. The maximum atomic E-state index is 4.65. The Kier molecular flexibility index (Phi) is 5.52. The number of rotatable bonds is 6. The van der Waals surface area contributed by atoms with Crippen molar-refractivity contribution in [1.82, 2.24) is 9.97 Å². The van der Waals surface area contributed by atoms with Crippen molar-refractivity contribution in [3.63, 3.8) is 0 Å².